The number of rotatable bonds is 45. The summed E-state index contributed by atoms with van der Waals surface area (Å²) in [5, 5.41) is 35.2. The van der Waals surface area contributed by atoms with Crippen molar-refractivity contribution in [2.45, 2.75) is 225 Å². The summed E-state index contributed by atoms with van der Waals surface area (Å²) < 4.78 is 94.6. The van der Waals surface area contributed by atoms with Crippen LogP contribution >= 0.6 is 0 Å². The van der Waals surface area contributed by atoms with Crippen molar-refractivity contribution in [2.75, 3.05) is 165 Å². The Balaban J connectivity index is 0.584. The van der Waals surface area contributed by atoms with E-state index in [1.807, 2.05) is 76.4 Å². The molecular weight excluding hydrogens is 1640 g/mol. The van der Waals surface area contributed by atoms with Crippen molar-refractivity contribution >= 4 is 63.8 Å². The van der Waals surface area contributed by atoms with Crippen LogP contribution in [0.3, 0.4) is 0 Å². The number of carbonyl (C=O) groups is 6. The maximum absolute atomic E-state index is 14.8. The van der Waals surface area contributed by atoms with E-state index in [9.17, 15) is 39.0 Å². The van der Waals surface area contributed by atoms with E-state index in [4.69, 9.17) is 91.9 Å². The summed E-state index contributed by atoms with van der Waals surface area (Å²) in [6.07, 6.45) is 17.2. The van der Waals surface area contributed by atoms with Crippen molar-refractivity contribution in [1.82, 2.24) is 40.2 Å². The largest absolute Gasteiger partial charge is 0.460 e. The molecule has 2 saturated heterocycles. The van der Waals surface area contributed by atoms with Gasteiger partial charge in [-0.2, -0.15) is 4.98 Å². The summed E-state index contributed by atoms with van der Waals surface area (Å²) in [6, 6.07) is 4.29. The molecule has 0 radical (unpaired) electrons. The minimum absolute atomic E-state index is 0.00902. The van der Waals surface area contributed by atoms with Gasteiger partial charge in [0.15, 0.2) is 11.4 Å². The van der Waals surface area contributed by atoms with Gasteiger partial charge in [-0.3, -0.25) is 29.0 Å². The van der Waals surface area contributed by atoms with Gasteiger partial charge in [-0.05, 0) is 144 Å². The molecule has 1 unspecified atom stereocenters. The van der Waals surface area contributed by atoms with E-state index in [-0.39, 0.29) is 91.9 Å². The Hall–Kier alpha value is -8.08. The topological polar surface area (TPSA) is 444 Å². The van der Waals surface area contributed by atoms with Crippen LogP contribution in [0.15, 0.2) is 87.7 Å². The number of allylic oxidation sites excluding steroid dienone is 6. The number of carbonyl (C=O) groups excluding carboxylic acids is 6. The third-order valence-electron chi connectivity index (χ3n) is 24.0. The van der Waals surface area contributed by atoms with Crippen molar-refractivity contribution < 1.29 is 114 Å². The second-order valence-electron chi connectivity index (χ2n) is 33.7. The highest BCUT2D eigenvalue weighted by molar-refractivity contribution is 6.39. The highest BCUT2D eigenvalue weighted by atomic mass is 16.6. The van der Waals surface area contributed by atoms with E-state index in [1.165, 1.54) is 18.3 Å². The number of unbranched alkanes of at least 4 members (excludes halogenated alkanes) is 1. The lowest BCUT2D eigenvalue weighted by molar-refractivity contribution is -0.265. The molecule has 127 heavy (non-hydrogen) atoms. The number of Topliss-reactive ketones (excluding diaryl/α,β-unsaturated/α-hetero) is 3. The molecule has 7 heterocycles. The summed E-state index contributed by atoms with van der Waals surface area (Å²) in [6.45, 7) is 21.1. The SMILES string of the molecule is CO[C@H]1C[C@@H]2CC[C@@H](C)[C@@](O)(O2)C(=O)C(=O)N2CCCC[C@H]2C(=O)O[C@H]([C@H](C)C[C@@H]2CC[C@@H](OCCOCc3cn(CCOCCOCCOCCOCCOCCOCCOCCOCCC(=O)NCCCCC4N=C(c5ccc6oc(N)nc6c5)c5c(N)ncnc54)nn3)[C@H](OC)C2)CC(=O)[C@H](C)/C=C(\C)[C@@H](O)[C@@H](OC)C(=O)[C@H](C)C[C@H](C)/C=C/C=C/C=C/1C. The standard InChI is InChI=1S/C92H139N11O24/c1-60-18-12-11-13-19-61(2)77(112-8)55-70-25-22-66(7)92(111,127-70)87(108)89(109)103-30-17-15-21-73(103)90(110)125-78(56-74(104)62(3)51-65(6)85(107)86(114-10)84(106)64(5)50-60)63(4)52-67-23-26-76(79(53-67)113-9)124-49-48-123-58-69-57-102(101-100-69)31-33-116-35-37-118-39-41-120-43-45-122-47-46-121-44-42-119-40-38-117-36-34-115-32-28-80(105)95-29-16-14-20-71-83-81(88(93)97-59-96-83)82(98-71)68-24-27-75-72(54-68)99-91(94)126-75/h11-13,18-19,24,27,51,54,57,59-60,62-64,66-67,70-71,73,76-79,85-86,107,111H,14-17,20-23,25-26,28-50,52-53,55-56,58H2,1-10H3,(H2,94,99)(H,95,105)(H2,93,96,97)/b13-11+,18-12+,61-19+,65-51+/t60-,62-,63-,64-,66-,67+,70+,71?,73+,76-,77+,78+,79-,85-,86+,92-/m1/s1. The number of fused-ring (bicyclic) bond motifs is 5. The van der Waals surface area contributed by atoms with Crippen LogP contribution in [0.25, 0.3) is 11.1 Å². The molecule has 9 rings (SSSR count). The van der Waals surface area contributed by atoms with Gasteiger partial charge in [-0.1, -0.05) is 76.3 Å². The summed E-state index contributed by atoms with van der Waals surface area (Å²) in [5.41, 5.74) is 18.2. The second-order valence-corrected chi connectivity index (χ2v) is 33.7. The van der Waals surface area contributed by atoms with Crippen LogP contribution < -0.4 is 16.8 Å². The molecule has 16 atom stereocenters. The first-order chi connectivity index (χ1) is 61.4. The molecule has 7 N–H and O–H groups in total. The average molecular weight is 1780 g/mol. The number of benzene rings is 1. The number of ether oxygens (including phenoxy) is 15. The predicted molar refractivity (Wildman–Crippen MR) is 470 cm³/mol. The molecule has 35 heteroatoms. The Morgan fingerprint density at radius 2 is 1.40 bits per heavy atom. The van der Waals surface area contributed by atoms with E-state index in [2.05, 4.69) is 30.6 Å². The molecule has 3 fully saturated rings. The number of esters is 1. The van der Waals surface area contributed by atoms with Crippen LogP contribution in [-0.4, -0.2) is 294 Å². The zero-order valence-electron chi connectivity index (χ0n) is 76.0. The smallest absolute Gasteiger partial charge is 0.329 e. The van der Waals surface area contributed by atoms with Gasteiger partial charge < -0.3 is 107 Å². The molecule has 4 aliphatic heterocycles. The first-order valence-electron chi connectivity index (χ1n) is 45.2. The van der Waals surface area contributed by atoms with Gasteiger partial charge in [-0.25, -0.2) is 19.4 Å². The van der Waals surface area contributed by atoms with E-state index < -0.39 is 77.8 Å². The molecule has 706 valence electrons. The number of aliphatic hydroxyl groups excluding tert-OH is 1. The number of anilines is 2. The van der Waals surface area contributed by atoms with Gasteiger partial charge in [0.25, 0.3) is 17.7 Å². The quantitative estimate of drug-likeness (QED) is 0.0120. The summed E-state index contributed by atoms with van der Waals surface area (Å²) in [5.74, 6) is -8.02. The fourth-order valence-electron chi connectivity index (χ4n) is 16.7. The molecule has 5 aliphatic rings. The monoisotopic (exact) mass is 1780 g/mol. The predicted octanol–water partition coefficient (Wildman–Crippen LogP) is 8.51. The fraction of sp³-hybridized carbons (Fsp3) is 0.696. The maximum Gasteiger partial charge on any atom is 0.329 e. The number of amides is 2. The highest BCUT2D eigenvalue weighted by Crippen LogP contribution is 2.40. The summed E-state index contributed by atoms with van der Waals surface area (Å²) in [4.78, 5) is 104. The maximum atomic E-state index is 14.8. The number of nitrogens with zero attached hydrogens (tertiary/aromatic N) is 8. The summed E-state index contributed by atoms with van der Waals surface area (Å²) in [7, 11) is 4.61. The molecule has 0 spiro atoms. The molecule has 4 aromatic rings. The number of piperidine rings is 1. The lowest BCUT2D eigenvalue weighted by Gasteiger charge is -2.42. The van der Waals surface area contributed by atoms with Crippen LogP contribution in [0.1, 0.15) is 180 Å². The van der Waals surface area contributed by atoms with Gasteiger partial charge in [0.05, 0.1) is 186 Å². The van der Waals surface area contributed by atoms with E-state index in [0.717, 1.165) is 48.1 Å². The second kappa shape index (κ2) is 54.5. The molecule has 35 nitrogen and oxygen atoms in total. The van der Waals surface area contributed by atoms with Crippen LogP contribution in [0.4, 0.5) is 11.8 Å². The Bertz CT molecular complexity index is 4210. The van der Waals surface area contributed by atoms with Crippen LogP contribution in [-0.2, 0) is 113 Å². The van der Waals surface area contributed by atoms with Crippen molar-refractivity contribution in [2.24, 2.45) is 40.5 Å². The van der Waals surface area contributed by atoms with Crippen molar-refractivity contribution in [3.05, 3.63) is 101 Å². The number of cyclic esters (lactones) is 1. The minimum Gasteiger partial charge on any atom is -0.460 e. The van der Waals surface area contributed by atoms with Gasteiger partial charge in [-0.15, -0.1) is 5.10 Å². The van der Waals surface area contributed by atoms with E-state index >= 15 is 0 Å². The van der Waals surface area contributed by atoms with Crippen molar-refractivity contribution in [1.29, 1.82) is 0 Å². The number of nitrogen functional groups attached to an aromatic ring is 2. The number of oxazole rings is 1. The van der Waals surface area contributed by atoms with Gasteiger partial charge in [0, 0.05) is 77.0 Å². The Morgan fingerprint density at radius 1 is 0.724 bits per heavy atom. The number of aromatic nitrogens is 6. The summed E-state index contributed by atoms with van der Waals surface area (Å²) >= 11 is 0. The van der Waals surface area contributed by atoms with Gasteiger partial charge in [0.2, 0.25) is 11.7 Å². The fourth-order valence-corrected chi connectivity index (χ4v) is 16.7. The molecule has 1 aromatic carbocycles. The van der Waals surface area contributed by atoms with Crippen molar-refractivity contribution in [3.8, 4) is 0 Å². The highest BCUT2D eigenvalue weighted by Gasteiger charge is 2.53. The van der Waals surface area contributed by atoms with E-state index in [0.29, 0.717) is 224 Å². The molecule has 2 amide bonds. The number of hydrogen-bond donors (Lipinski definition) is 5. The first-order valence-corrected chi connectivity index (χ1v) is 45.2. The number of hydrogen-bond acceptors (Lipinski definition) is 32. The third kappa shape index (κ3) is 32.5. The first kappa shape index (κ1) is 103. The molecule has 1 aliphatic carbocycles. The van der Waals surface area contributed by atoms with Crippen LogP contribution in [0.5, 0.6) is 0 Å². The average Bonchev–Trinajstić information content (AvgIpc) is 1.54. The Labute approximate surface area is 746 Å². The van der Waals surface area contributed by atoms with Crippen LogP contribution in [0, 0.1) is 35.5 Å². The van der Waals surface area contributed by atoms with Crippen LogP contribution in [0.2, 0.25) is 0 Å². The number of ketones is 3. The molecule has 2 bridgehead atoms. The number of aliphatic imine (C=N–C) groups is 1. The Morgan fingerprint density at radius 3 is 2.08 bits per heavy atom. The van der Waals surface area contributed by atoms with E-state index in [1.54, 1.807) is 51.8 Å². The lowest BCUT2D eigenvalue weighted by Crippen LogP contribution is -2.61. The van der Waals surface area contributed by atoms with Gasteiger partial charge >= 0.3 is 5.97 Å². The molecule has 1 saturated carbocycles. The normalized spacial score (nSPS) is 27.4. The third-order valence-corrected chi connectivity index (χ3v) is 24.0. The zero-order chi connectivity index (χ0) is 91.0. The number of nitrogens with two attached hydrogens (primary N) is 2. The molecule has 3 aromatic heterocycles. The zero-order valence-corrected chi connectivity index (χ0v) is 76.0. The Kier molecular flexibility index (Phi) is 44.1. The molecular formula is C92H139N11O24. The number of aliphatic hydroxyl groups is 2. The van der Waals surface area contributed by atoms with Gasteiger partial charge in [0.1, 0.15) is 53.5 Å². The number of nitrogens with one attached hydrogen (secondary N) is 1. The number of methoxy groups -OCH3 is 3. The lowest BCUT2D eigenvalue weighted by atomic mass is 9.78. The van der Waals surface area contributed by atoms with Crippen molar-refractivity contribution in [3.63, 3.8) is 0 Å². The minimum atomic E-state index is -2.47.